The number of pyridine rings is 1. The molecule has 4 aromatic heterocycles. The van der Waals surface area contributed by atoms with Gasteiger partial charge in [-0.1, -0.05) is 6.08 Å². The van der Waals surface area contributed by atoms with Crippen molar-refractivity contribution in [3.05, 3.63) is 89.6 Å². The van der Waals surface area contributed by atoms with E-state index in [-0.39, 0.29) is 37.0 Å². The number of ether oxygens (including phenoxy) is 3. The molecule has 6 aromatic rings. The molecule has 0 spiro atoms. The Labute approximate surface area is 300 Å². The molecule has 52 heavy (non-hydrogen) atoms. The highest BCUT2D eigenvalue weighted by Crippen LogP contribution is 2.49. The molecule has 1 atom stereocenters. The molecule has 14 heteroatoms. The van der Waals surface area contributed by atoms with Crippen LogP contribution in [0.3, 0.4) is 0 Å². The summed E-state index contributed by atoms with van der Waals surface area (Å²) in [6.45, 7) is 2.62. The molecule has 0 fully saturated rings. The van der Waals surface area contributed by atoms with Gasteiger partial charge in [-0.15, -0.1) is 11.3 Å². The number of carbonyl (C=O) groups excluding carboxylic acids is 1. The van der Waals surface area contributed by atoms with Crippen LogP contribution in [-0.2, 0) is 23.1 Å². The lowest BCUT2D eigenvalue weighted by Crippen LogP contribution is -2.40. The molecular weight excluding hydrogens is 694 g/mol. The number of amides is 1. The molecule has 0 unspecified atom stereocenters. The largest absolute Gasteiger partial charge is 0.490 e. The average molecular weight is 727 g/mol. The molecule has 6 heterocycles. The summed E-state index contributed by atoms with van der Waals surface area (Å²) in [5.74, 6) is -1.35. The molecule has 2 aromatic carbocycles. The second-order valence-electron chi connectivity index (χ2n) is 12.4. The maximum atomic E-state index is 16.3. The van der Waals surface area contributed by atoms with Gasteiger partial charge < -0.3 is 19.1 Å². The summed E-state index contributed by atoms with van der Waals surface area (Å²) in [4.78, 5) is 19.9. The minimum absolute atomic E-state index is 0.000947. The number of rotatable bonds is 3. The van der Waals surface area contributed by atoms with Gasteiger partial charge in [0.2, 0.25) is 5.91 Å². The molecular formula is C38H33F3N6O4S. The molecule has 8 rings (SSSR count). The number of aromatic nitrogens is 5. The number of fused-ring (bicyclic) bond motifs is 6. The van der Waals surface area contributed by atoms with Crippen molar-refractivity contribution in [3.8, 4) is 45.3 Å². The third-order valence-corrected chi connectivity index (χ3v) is 10.2. The van der Waals surface area contributed by atoms with E-state index in [1.165, 1.54) is 29.6 Å². The molecule has 0 aliphatic carbocycles. The van der Waals surface area contributed by atoms with Crippen LogP contribution in [0, 0.1) is 11.6 Å². The highest BCUT2D eigenvalue weighted by Gasteiger charge is 2.32. The summed E-state index contributed by atoms with van der Waals surface area (Å²) in [7, 11) is 1.86. The second-order valence-corrected chi connectivity index (χ2v) is 13.3. The summed E-state index contributed by atoms with van der Waals surface area (Å²) in [5.41, 5.74) is 4.04. The minimum atomic E-state index is -0.822. The predicted molar refractivity (Wildman–Crippen MR) is 192 cm³/mol. The van der Waals surface area contributed by atoms with Crippen LogP contribution in [0.2, 0.25) is 0 Å². The monoisotopic (exact) mass is 726 g/mol. The number of thiophene rings is 1. The summed E-state index contributed by atoms with van der Waals surface area (Å²) in [6.07, 6.45) is 7.89. The van der Waals surface area contributed by atoms with Gasteiger partial charge in [0.05, 0.1) is 54.5 Å². The molecule has 266 valence electrons. The Bertz CT molecular complexity index is 2400. The number of aryl methyl sites for hydroxylation is 1. The maximum absolute atomic E-state index is 16.3. The van der Waals surface area contributed by atoms with Crippen molar-refractivity contribution in [3.63, 3.8) is 0 Å². The van der Waals surface area contributed by atoms with Crippen molar-refractivity contribution in [2.45, 2.75) is 19.5 Å². The van der Waals surface area contributed by atoms with Gasteiger partial charge in [0.25, 0.3) is 0 Å². The third-order valence-electron chi connectivity index (χ3n) is 9.31. The number of benzene rings is 2. The molecule has 0 saturated heterocycles. The summed E-state index contributed by atoms with van der Waals surface area (Å²) in [5, 5.41) is 12.9. The Morgan fingerprint density at radius 2 is 1.88 bits per heavy atom. The zero-order chi connectivity index (χ0) is 35.9. The van der Waals surface area contributed by atoms with Crippen molar-refractivity contribution >= 4 is 38.2 Å². The van der Waals surface area contributed by atoms with E-state index < -0.39 is 24.4 Å². The number of allylic oxidation sites excluding steroid dienone is 1. The summed E-state index contributed by atoms with van der Waals surface area (Å²) < 4.78 is 66.4. The number of nitrogens with zero attached hydrogens (tertiary/aromatic N) is 6. The van der Waals surface area contributed by atoms with Crippen LogP contribution in [0.25, 0.3) is 54.8 Å². The van der Waals surface area contributed by atoms with Gasteiger partial charge in [-0.3, -0.25) is 14.2 Å². The van der Waals surface area contributed by atoms with E-state index in [0.717, 1.165) is 28.0 Å². The van der Waals surface area contributed by atoms with Crippen LogP contribution < -0.4 is 9.47 Å². The smallest absolute Gasteiger partial charge is 0.246 e. The molecule has 0 saturated carbocycles. The quantitative estimate of drug-likeness (QED) is 0.138. The molecule has 2 bridgehead atoms. The van der Waals surface area contributed by atoms with E-state index in [9.17, 15) is 13.6 Å². The van der Waals surface area contributed by atoms with Crippen LogP contribution in [0.1, 0.15) is 18.7 Å². The van der Waals surface area contributed by atoms with Crippen LogP contribution in [0.5, 0.6) is 11.5 Å². The second kappa shape index (κ2) is 13.9. The normalized spacial score (nSPS) is 17.1. The van der Waals surface area contributed by atoms with E-state index >= 15 is 4.39 Å². The summed E-state index contributed by atoms with van der Waals surface area (Å²) >= 11 is 1.39. The topological polar surface area (TPSA) is 96.5 Å². The lowest BCUT2D eigenvalue weighted by molar-refractivity contribution is -0.129. The highest BCUT2D eigenvalue weighted by molar-refractivity contribution is 7.18. The molecule has 10 nitrogen and oxygen atoms in total. The SMILES string of the molecule is C[C@H]1c2cc(-c3nc4c5ccsc5c3-c3c(F)cc(F)cc3OCCOC/C=C/COc3cc5c(cnn5C)cc3-4)nn2CCN1C(=O)/C=C/CF. The average Bonchev–Trinajstić information content (AvgIpc) is 3.88. The Kier molecular flexibility index (Phi) is 9.01. The van der Waals surface area contributed by atoms with Crippen LogP contribution in [0.4, 0.5) is 13.2 Å². The standard InChI is InChI=1S/C38H33F3N6O4S/c1-22-29-19-28(44-47(29)10-9-46(22)33(48)6-5-8-39)37-35-34-27(41)17-24(40)18-32(34)51-14-13-49-11-3-4-12-50-31-20-30-23(21-42-45(30)2)16-26(31)36(43-37)25-7-15-52-38(25)35/h3-7,15-22H,8-14H2,1-2H3/b4-3+,6-5+/t22-/m0/s1. The first-order chi connectivity index (χ1) is 25.3. The van der Waals surface area contributed by atoms with Crippen molar-refractivity contribution in [1.82, 2.24) is 29.4 Å². The number of halogens is 3. The molecule has 0 radical (unpaired) electrons. The van der Waals surface area contributed by atoms with Gasteiger partial charge in [-0.05, 0) is 42.7 Å². The van der Waals surface area contributed by atoms with Gasteiger partial charge in [-0.2, -0.15) is 10.2 Å². The van der Waals surface area contributed by atoms with Crippen molar-refractivity contribution in [2.24, 2.45) is 7.05 Å². The lowest BCUT2D eigenvalue weighted by Gasteiger charge is -2.33. The Morgan fingerprint density at radius 1 is 1.02 bits per heavy atom. The highest BCUT2D eigenvalue weighted by atomic mass is 32.1. The van der Waals surface area contributed by atoms with E-state index in [0.29, 0.717) is 58.4 Å². The molecule has 1 amide bonds. The fourth-order valence-electron chi connectivity index (χ4n) is 6.83. The third kappa shape index (κ3) is 6.01. The van der Waals surface area contributed by atoms with Crippen molar-refractivity contribution < 1.29 is 32.2 Å². The van der Waals surface area contributed by atoms with E-state index in [4.69, 9.17) is 24.3 Å². The zero-order valence-electron chi connectivity index (χ0n) is 28.3. The Morgan fingerprint density at radius 3 is 2.75 bits per heavy atom. The van der Waals surface area contributed by atoms with Gasteiger partial charge in [0.15, 0.2) is 0 Å². The van der Waals surface area contributed by atoms with Gasteiger partial charge in [-0.25, -0.2) is 18.2 Å². The van der Waals surface area contributed by atoms with Crippen LogP contribution in [0.15, 0.2) is 72.3 Å². The number of carbonyl (C=O) groups is 1. The predicted octanol–water partition coefficient (Wildman–Crippen LogP) is 7.43. The van der Waals surface area contributed by atoms with E-state index in [2.05, 4.69) is 5.10 Å². The molecule has 2 aliphatic rings. The van der Waals surface area contributed by atoms with Gasteiger partial charge in [0.1, 0.15) is 54.4 Å². The number of hydrogen-bond acceptors (Lipinski definition) is 8. The molecule has 0 N–H and O–H groups in total. The van der Waals surface area contributed by atoms with Crippen LogP contribution >= 0.6 is 11.3 Å². The maximum Gasteiger partial charge on any atom is 0.246 e. The van der Waals surface area contributed by atoms with Gasteiger partial charge >= 0.3 is 0 Å². The van der Waals surface area contributed by atoms with Crippen molar-refractivity contribution in [2.75, 3.05) is 39.6 Å². The Hall–Kier alpha value is -5.47. The van der Waals surface area contributed by atoms with Crippen molar-refractivity contribution in [1.29, 1.82) is 0 Å². The van der Waals surface area contributed by atoms with Crippen LogP contribution in [-0.4, -0.2) is 75.0 Å². The number of alkyl halides is 1. The molecule has 2 aliphatic heterocycles. The van der Waals surface area contributed by atoms with E-state index in [1.54, 1.807) is 20.5 Å². The first-order valence-electron chi connectivity index (χ1n) is 16.8. The zero-order valence-corrected chi connectivity index (χ0v) is 29.1. The fraction of sp³-hybridized carbons (Fsp3) is 0.263. The Balaban J connectivity index is 1.41. The number of hydrogen-bond donors (Lipinski definition) is 0. The van der Waals surface area contributed by atoms with E-state index in [1.807, 2.05) is 55.8 Å². The summed E-state index contributed by atoms with van der Waals surface area (Å²) in [6, 6.07) is 9.25. The minimum Gasteiger partial charge on any atom is -0.490 e. The van der Waals surface area contributed by atoms with Gasteiger partial charge in [0, 0.05) is 64.5 Å². The first kappa shape index (κ1) is 33.7. The fourth-order valence-corrected chi connectivity index (χ4v) is 7.78. The lowest BCUT2D eigenvalue weighted by atomic mass is 9.95. The first-order valence-corrected chi connectivity index (χ1v) is 17.7.